The van der Waals surface area contributed by atoms with Crippen molar-refractivity contribution in [2.24, 2.45) is 5.92 Å². The topological polar surface area (TPSA) is 56.4 Å². The summed E-state index contributed by atoms with van der Waals surface area (Å²) in [5, 5.41) is 9.13. The molecule has 0 unspecified atom stereocenters. The fraction of sp³-hybridized carbons (Fsp3) is 0.409. The standard InChI is InChI=1S/C22H27F3N4O/c1-3-27-20-14-17(6-9-19(20)21(30)26-2)28-16-4-7-18(8-5-16)29-12-10-15(11-13-29)22(23,24)25/h4-9,14-15,27-28H,3,10-13H2,1-2H3,(H,26,30). The van der Waals surface area contributed by atoms with Gasteiger partial charge in [0.15, 0.2) is 0 Å². The fourth-order valence-corrected chi connectivity index (χ4v) is 3.68. The lowest BCUT2D eigenvalue weighted by Crippen LogP contribution is -2.38. The van der Waals surface area contributed by atoms with E-state index in [-0.39, 0.29) is 18.7 Å². The van der Waals surface area contributed by atoms with Crippen LogP contribution in [0.5, 0.6) is 0 Å². The average Bonchev–Trinajstić information content (AvgIpc) is 2.74. The average molecular weight is 420 g/mol. The van der Waals surface area contributed by atoms with Crippen LogP contribution in [0.2, 0.25) is 0 Å². The van der Waals surface area contributed by atoms with Crippen molar-refractivity contribution in [3.8, 4) is 0 Å². The minimum Gasteiger partial charge on any atom is -0.385 e. The fourth-order valence-electron chi connectivity index (χ4n) is 3.68. The molecule has 1 aliphatic heterocycles. The lowest BCUT2D eigenvalue weighted by atomic mass is 9.96. The van der Waals surface area contributed by atoms with E-state index in [1.165, 1.54) is 0 Å². The third kappa shape index (κ3) is 5.17. The largest absolute Gasteiger partial charge is 0.391 e. The number of piperidine rings is 1. The molecule has 3 rings (SSSR count). The summed E-state index contributed by atoms with van der Waals surface area (Å²) in [6.45, 7) is 3.46. The second kappa shape index (κ2) is 9.28. The van der Waals surface area contributed by atoms with Crippen molar-refractivity contribution in [1.29, 1.82) is 0 Å². The maximum absolute atomic E-state index is 12.8. The molecule has 0 aromatic heterocycles. The molecule has 2 aromatic rings. The van der Waals surface area contributed by atoms with Crippen LogP contribution in [0.1, 0.15) is 30.1 Å². The first kappa shape index (κ1) is 21.8. The van der Waals surface area contributed by atoms with E-state index in [1.807, 2.05) is 48.2 Å². The number of nitrogens with one attached hydrogen (secondary N) is 3. The molecule has 0 spiro atoms. The van der Waals surface area contributed by atoms with Gasteiger partial charge < -0.3 is 20.9 Å². The Balaban J connectivity index is 1.66. The summed E-state index contributed by atoms with van der Waals surface area (Å²) in [5.74, 6) is -1.35. The molecule has 0 aliphatic carbocycles. The Labute approximate surface area is 174 Å². The minimum absolute atomic E-state index is 0.133. The minimum atomic E-state index is -4.10. The van der Waals surface area contributed by atoms with Crippen molar-refractivity contribution in [2.75, 3.05) is 42.2 Å². The van der Waals surface area contributed by atoms with Gasteiger partial charge in [-0.15, -0.1) is 0 Å². The highest BCUT2D eigenvalue weighted by Crippen LogP contribution is 2.35. The molecule has 3 N–H and O–H groups in total. The third-order valence-electron chi connectivity index (χ3n) is 5.34. The Bertz CT molecular complexity index is 860. The first-order chi connectivity index (χ1) is 14.3. The van der Waals surface area contributed by atoms with Crippen LogP contribution in [0.25, 0.3) is 0 Å². The van der Waals surface area contributed by atoms with Crippen LogP contribution in [0.15, 0.2) is 42.5 Å². The van der Waals surface area contributed by atoms with Crippen molar-refractivity contribution in [2.45, 2.75) is 25.9 Å². The number of anilines is 4. The number of carbonyl (C=O) groups is 1. The number of alkyl halides is 3. The Kier molecular flexibility index (Phi) is 6.74. The van der Waals surface area contributed by atoms with Crippen molar-refractivity contribution < 1.29 is 18.0 Å². The Hall–Kier alpha value is -2.90. The van der Waals surface area contributed by atoms with Gasteiger partial charge in [-0.05, 0) is 62.2 Å². The maximum Gasteiger partial charge on any atom is 0.391 e. The maximum atomic E-state index is 12.8. The SMILES string of the molecule is CCNc1cc(Nc2ccc(N3CCC(C(F)(F)F)CC3)cc2)ccc1C(=O)NC. The summed E-state index contributed by atoms with van der Waals surface area (Å²) >= 11 is 0. The zero-order valence-electron chi connectivity index (χ0n) is 17.1. The lowest BCUT2D eigenvalue weighted by molar-refractivity contribution is -0.179. The van der Waals surface area contributed by atoms with E-state index >= 15 is 0 Å². The van der Waals surface area contributed by atoms with Gasteiger partial charge in [-0.1, -0.05) is 0 Å². The Morgan fingerprint density at radius 1 is 1.07 bits per heavy atom. The van der Waals surface area contributed by atoms with Gasteiger partial charge in [0.05, 0.1) is 11.5 Å². The number of hydrogen-bond donors (Lipinski definition) is 3. The van der Waals surface area contributed by atoms with E-state index in [1.54, 1.807) is 13.1 Å². The lowest BCUT2D eigenvalue weighted by Gasteiger charge is -2.34. The van der Waals surface area contributed by atoms with E-state index in [4.69, 9.17) is 0 Å². The zero-order chi connectivity index (χ0) is 21.7. The molecule has 0 saturated carbocycles. The molecular formula is C22H27F3N4O. The van der Waals surface area contributed by atoms with Crippen LogP contribution in [-0.4, -0.2) is 38.8 Å². The molecule has 2 aromatic carbocycles. The van der Waals surface area contributed by atoms with Crippen LogP contribution in [-0.2, 0) is 0 Å². The van der Waals surface area contributed by atoms with Crippen molar-refractivity contribution >= 4 is 28.7 Å². The van der Waals surface area contributed by atoms with Crippen molar-refractivity contribution in [3.63, 3.8) is 0 Å². The molecule has 8 heteroatoms. The molecule has 1 heterocycles. The van der Waals surface area contributed by atoms with Crippen LogP contribution >= 0.6 is 0 Å². The molecule has 5 nitrogen and oxygen atoms in total. The molecule has 162 valence electrons. The number of benzene rings is 2. The first-order valence-electron chi connectivity index (χ1n) is 10.1. The molecule has 0 bridgehead atoms. The van der Waals surface area contributed by atoms with Gasteiger partial charge in [0, 0.05) is 49.4 Å². The Morgan fingerprint density at radius 3 is 2.27 bits per heavy atom. The van der Waals surface area contributed by atoms with Crippen molar-refractivity contribution in [1.82, 2.24) is 5.32 Å². The van der Waals surface area contributed by atoms with Gasteiger partial charge in [0.1, 0.15) is 0 Å². The Morgan fingerprint density at radius 2 is 1.70 bits per heavy atom. The number of halogens is 3. The number of rotatable bonds is 6. The van der Waals surface area contributed by atoms with Gasteiger partial charge in [-0.3, -0.25) is 4.79 Å². The van der Waals surface area contributed by atoms with Crippen LogP contribution in [0, 0.1) is 5.92 Å². The summed E-state index contributed by atoms with van der Waals surface area (Å²) in [6, 6.07) is 13.1. The smallest absolute Gasteiger partial charge is 0.385 e. The van der Waals surface area contributed by atoms with E-state index in [2.05, 4.69) is 16.0 Å². The normalized spacial score (nSPS) is 15.0. The zero-order valence-corrected chi connectivity index (χ0v) is 17.1. The summed E-state index contributed by atoms with van der Waals surface area (Å²) in [5.41, 5.74) is 3.93. The third-order valence-corrected chi connectivity index (χ3v) is 5.34. The molecule has 1 fully saturated rings. The van der Waals surface area contributed by atoms with Gasteiger partial charge in [-0.25, -0.2) is 0 Å². The van der Waals surface area contributed by atoms with Gasteiger partial charge in [0.25, 0.3) is 5.91 Å². The summed E-state index contributed by atoms with van der Waals surface area (Å²) in [7, 11) is 1.59. The number of amides is 1. The van der Waals surface area contributed by atoms with Crippen LogP contribution in [0.4, 0.5) is 35.9 Å². The number of hydrogen-bond acceptors (Lipinski definition) is 4. The summed E-state index contributed by atoms with van der Waals surface area (Å²) < 4.78 is 38.5. The first-order valence-corrected chi connectivity index (χ1v) is 10.1. The highest BCUT2D eigenvalue weighted by Gasteiger charge is 2.41. The van der Waals surface area contributed by atoms with Crippen LogP contribution < -0.4 is 20.9 Å². The molecule has 1 aliphatic rings. The van der Waals surface area contributed by atoms with Gasteiger partial charge in [-0.2, -0.15) is 13.2 Å². The molecule has 0 atom stereocenters. The monoisotopic (exact) mass is 420 g/mol. The van der Waals surface area contributed by atoms with E-state index < -0.39 is 12.1 Å². The quantitative estimate of drug-likeness (QED) is 0.616. The highest BCUT2D eigenvalue weighted by molar-refractivity contribution is 6.00. The molecule has 30 heavy (non-hydrogen) atoms. The summed E-state index contributed by atoms with van der Waals surface area (Å²) in [6.07, 6.45) is -3.83. The van der Waals surface area contributed by atoms with Gasteiger partial charge >= 0.3 is 6.18 Å². The second-order valence-electron chi connectivity index (χ2n) is 7.34. The predicted octanol–water partition coefficient (Wildman–Crippen LogP) is 5.00. The van der Waals surface area contributed by atoms with E-state index in [0.717, 1.165) is 22.7 Å². The number of carbonyl (C=O) groups excluding carboxylic acids is 1. The number of nitrogens with zero attached hydrogens (tertiary/aromatic N) is 1. The predicted molar refractivity (Wildman–Crippen MR) is 115 cm³/mol. The molecule has 0 radical (unpaired) electrons. The second-order valence-corrected chi connectivity index (χ2v) is 7.34. The van der Waals surface area contributed by atoms with Gasteiger partial charge in [0.2, 0.25) is 0 Å². The van der Waals surface area contributed by atoms with E-state index in [9.17, 15) is 18.0 Å². The van der Waals surface area contributed by atoms with Crippen molar-refractivity contribution in [3.05, 3.63) is 48.0 Å². The van der Waals surface area contributed by atoms with Crippen LogP contribution in [0.3, 0.4) is 0 Å². The molecule has 1 saturated heterocycles. The van der Waals surface area contributed by atoms with E-state index in [0.29, 0.717) is 25.2 Å². The molecular weight excluding hydrogens is 393 g/mol. The highest BCUT2D eigenvalue weighted by atomic mass is 19.4. The summed E-state index contributed by atoms with van der Waals surface area (Å²) in [4.78, 5) is 14.0. The molecule has 1 amide bonds.